The van der Waals surface area contributed by atoms with E-state index in [1.165, 1.54) is 0 Å². The quantitative estimate of drug-likeness (QED) is 0.785. The van der Waals surface area contributed by atoms with Crippen LogP contribution in [0.3, 0.4) is 0 Å². The number of benzene rings is 1. The largest absolute Gasteiger partial charge is 0.481 e. The van der Waals surface area contributed by atoms with Gasteiger partial charge in [-0.15, -0.1) is 0 Å². The van der Waals surface area contributed by atoms with Gasteiger partial charge in [0.05, 0.1) is 17.5 Å². The fourth-order valence-electron chi connectivity index (χ4n) is 2.82. The van der Waals surface area contributed by atoms with E-state index in [4.69, 9.17) is 5.11 Å². The summed E-state index contributed by atoms with van der Waals surface area (Å²) in [6.45, 7) is 0. The van der Waals surface area contributed by atoms with Gasteiger partial charge < -0.3 is 10.4 Å². The zero-order valence-electron chi connectivity index (χ0n) is 12.8. The van der Waals surface area contributed by atoms with Gasteiger partial charge in [0, 0.05) is 12.8 Å². The number of carboxylic acid groups (broad SMARTS) is 1. The summed E-state index contributed by atoms with van der Waals surface area (Å²) in [4.78, 5) is 23.0. The molecule has 0 spiro atoms. The summed E-state index contributed by atoms with van der Waals surface area (Å²) in [5.41, 5.74) is 0.848. The minimum absolute atomic E-state index is 0.0440. The summed E-state index contributed by atoms with van der Waals surface area (Å²) in [5.74, 6) is -1.08. The van der Waals surface area contributed by atoms with Crippen molar-refractivity contribution >= 4 is 21.7 Å². The summed E-state index contributed by atoms with van der Waals surface area (Å²) in [5, 5.41) is 11.7. The van der Waals surface area contributed by atoms with Gasteiger partial charge in [-0.25, -0.2) is 8.42 Å². The molecule has 0 bridgehead atoms. The highest BCUT2D eigenvalue weighted by Gasteiger charge is 2.30. The predicted molar refractivity (Wildman–Crippen MR) is 85.6 cm³/mol. The molecule has 1 aliphatic heterocycles. The number of aliphatic carboxylic acids is 1. The fraction of sp³-hybridized carbons (Fsp3) is 0.500. The van der Waals surface area contributed by atoms with Crippen molar-refractivity contribution in [3.05, 3.63) is 35.9 Å². The second kappa shape index (κ2) is 7.59. The average Bonchev–Trinajstić information content (AvgIpc) is 2.83. The number of hydrogen-bond donors (Lipinski definition) is 2. The van der Waals surface area contributed by atoms with Crippen molar-refractivity contribution in [2.24, 2.45) is 5.92 Å². The van der Waals surface area contributed by atoms with Crippen molar-refractivity contribution in [3.8, 4) is 0 Å². The molecule has 0 aromatic heterocycles. The smallest absolute Gasteiger partial charge is 0.303 e. The second-order valence-electron chi connectivity index (χ2n) is 5.94. The van der Waals surface area contributed by atoms with Crippen LogP contribution in [0.25, 0.3) is 0 Å². The highest BCUT2D eigenvalue weighted by molar-refractivity contribution is 7.91. The molecule has 1 heterocycles. The van der Waals surface area contributed by atoms with Gasteiger partial charge in [-0.3, -0.25) is 9.59 Å². The first-order chi connectivity index (χ1) is 10.9. The molecular weight excluding hydrogens is 318 g/mol. The minimum Gasteiger partial charge on any atom is -0.481 e. The van der Waals surface area contributed by atoms with Gasteiger partial charge in [-0.2, -0.15) is 0 Å². The Morgan fingerprint density at radius 1 is 1.26 bits per heavy atom. The molecule has 1 aromatic carbocycles. The number of sulfone groups is 1. The van der Waals surface area contributed by atoms with Gasteiger partial charge in [0.15, 0.2) is 9.84 Å². The van der Waals surface area contributed by atoms with E-state index in [0.29, 0.717) is 12.8 Å². The number of amides is 1. The number of hydrogen-bond acceptors (Lipinski definition) is 4. The lowest BCUT2D eigenvalue weighted by Gasteiger charge is -2.19. The standard InChI is InChI=1S/C16H21NO5S/c18-15(10-12-8-9-23(21,22)11-12)17-14(6-7-16(19)20)13-4-2-1-3-5-13/h1-5,12,14H,6-11H2,(H,17,18)(H,19,20). The van der Waals surface area contributed by atoms with E-state index in [0.717, 1.165) is 5.56 Å². The molecule has 7 heteroatoms. The Kier molecular flexibility index (Phi) is 5.76. The third-order valence-corrected chi connectivity index (χ3v) is 5.82. The predicted octanol–water partition coefficient (Wildman–Crippen LogP) is 1.53. The molecule has 1 fully saturated rings. The van der Waals surface area contributed by atoms with Crippen LogP contribution < -0.4 is 5.32 Å². The molecule has 23 heavy (non-hydrogen) atoms. The maximum absolute atomic E-state index is 12.2. The van der Waals surface area contributed by atoms with Gasteiger partial charge in [0.2, 0.25) is 5.91 Å². The molecule has 2 atom stereocenters. The molecular formula is C16H21NO5S. The summed E-state index contributed by atoms with van der Waals surface area (Å²) in [6, 6.07) is 8.82. The van der Waals surface area contributed by atoms with Crippen LogP contribution >= 0.6 is 0 Å². The Labute approximate surface area is 135 Å². The van der Waals surface area contributed by atoms with E-state index < -0.39 is 15.8 Å². The third kappa shape index (κ3) is 5.67. The van der Waals surface area contributed by atoms with Crippen molar-refractivity contribution in [1.29, 1.82) is 0 Å². The molecule has 126 valence electrons. The van der Waals surface area contributed by atoms with E-state index in [9.17, 15) is 18.0 Å². The Morgan fingerprint density at radius 2 is 1.96 bits per heavy atom. The molecule has 0 aliphatic carbocycles. The summed E-state index contributed by atoms with van der Waals surface area (Å²) < 4.78 is 22.9. The zero-order chi connectivity index (χ0) is 16.9. The van der Waals surface area contributed by atoms with Crippen LogP contribution in [0.5, 0.6) is 0 Å². The maximum Gasteiger partial charge on any atom is 0.303 e. The lowest BCUT2D eigenvalue weighted by Crippen LogP contribution is -2.30. The Bertz CT molecular complexity index is 656. The molecule has 2 N–H and O–H groups in total. The molecule has 1 aromatic rings. The highest BCUT2D eigenvalue weighted by Crippen LogP contribution is 2.23. The third-order valence-electron chi connectivity index (χ3n) is 3.98. The molecule has 1 amide bonds. The molecule has 2 rings (SSSR count). The average molecular weight is 339 g/mol. The molecule has 0 radical (unpaired) electrons. The van der Waals surface area contributed by atoms with Crippen LogP contribution in [0.1, 0.15) is 37.3 Å². The van der Waals surface area contributed by atoms with Crippen LogP contribution in [0.2, 0.25) is 0 Å². The first-order valence-corrected chi connectivity index (χ1v) is 9.44. The lowest BCUT2D eigenvalue weighted by molar-refractivity contribution is -0.137. The SMILES string of the molecule is O=C(O)CCC(NC(=O)CC1CCS(=O)(=O)C1)c1ccccc1. The number of rotatable bonds is 7. The molecule has 1 saturated heterocycles. The van der Waals surface area contributed by atoms with Crippen LogP contribution in [-0.2, 0) is 19.4 Å². The van der Waals surface area contributed by atoms with Gasteiger partial charge in [0.25, 0.3) is 0 Å². The summed E-state index contributed by atoms with van der Waals surface area (Å²) >= 11 is 0. The number of carbonyl (C=O) groups is 2. The topological polar surface area (TPSA) is 101 Å². The minimum atomic E-state index is -3.00. The van der Waals surface area contributed by atoms with Crippen molar-refractivity contribution in [2.75, 3.05) is 11.5 Å². The first-order valence-electron chi connectivity index (χ1n) is 7.62. The van der Waals surface area contributed by atoms with E-state index in [2.05, 4.69) is 5.32 Å². The second-order valence-corrected chi connectivity index (χ2v) is 8.17. The van der Waals surface area contributed by atoms with Crippen LogP contribution in [-0.4, -0.2) is 36.9 Å². The molecule has 1 aliphatic rings. The van der Waals surface area contributed by atoms with E-state index in [1.807, 2.05) is 30.3 Å². The van der Waals surface area contributed by atoms with Crippen molar-refractivity contribution in [1.82, 2.24) is 5.32 Å². The van der Waals surface area contributed by atoms with Crippen molar-refractivity contribution in [3.63, 3.8) is 0 Å². The van der Waals surface area contributed by atoms with E-state index in [-0.39, 0.29) is 42.2 Å². The maximum atomic E-state index is 12.2. The van der Waals surface area contributed by atoms with E-state index >= 15 is 0 Å². The first kappa shape index (κ1) is 17.5. The van der Waals surface area contributed by atoms with Gasteiger partial charge in [0.1, 0.15) is 0 Å². The van der Waals surface area contributed by atoms with Crippen molar-refractivity contribution < 1.29 is 23.1 Å². The number of nitrogens with one attached hydrogen (secondary N) is 1. The number of carbonyl (C=O) groups excluding carboxylic acids is 1. The van der Waals surface area contributed by atoms with Gasteiger partial charge >= 0.3 is 5.97 Å². The van der Waals surface area contributed by atoms with Crippen LogP contribution in [0, 0.1) is 5.92 Å². The van der Waals surface area contributed by atoms with Crippen LogP contribution in [0.15, 0.2) is 30.3 Å². The van der Waals surface area contributed by atoms with Crippen LogP contribution in [0.4, 0.5) is 0 Å². The van der Waals surface area contributed by atoms with Gasteiger partial charge in [-0.05, 0) is 24.3 Å². The fourth-order valence-corrected chi connectivity index (χ4v) is 4.69. The summed E-state index contributed by atoms with van der Waals surface area (Å²) in [7, 11) is -3.00. The van der Waals surface area contributed by atoms with Gasteiger partial charge in [-0.1, -0.05) is 30.3 Å². The Hall–Kier alpha value is -1.89. The molecule has 6 nitrogen and oxygen atoms in total. The number of carboxylic acids is 1. The highest BCUT2D eigenvalue weighted by atomic mass is 32.2. The monoisotopic (exact) mass is 339 g/mol. The van der Waals surface area contributed by atoms with Crippen molar-refractivity contribution in [2.45, 2.75) is 31.7 Å². The molecule has 2 unspecified atom stereocenters. The molecule has 0 saturated carbocycles. The van der Waals surface area contributed by atoms with E-state index in [1.54, 1.807) is 0 Å². The Morgan fingerprint density at radius 3 is 2.52 bits per heavy atom. The zero-order valence-corrected chi connectivity index (χ0v) is 13.6. The normalized spacial score (nSPS) is 20.8. The Balaban J connectivity index is 1.96. The summed E-state index contributed by atoms with van der Waals surface area (Å²) in [6.07, 6.45) is 0.933. The lowest BCUT2D eigenvalue weighted by atomic mass is 10.00.